The van der Waals surface area contributed by atoms with E-state index in [-0.39, 0.29) is 6.61 Å². The number of carbonyl (C=O) groups is 1. The van der Waals surface area contributed by atoms with Crippen molar-refractivity contribution in [1.82, 2.24) is 5.32 Å². The molecule has 0 bridgehead atoms. The number of nitrogens with one attached hydrogen (secondary N) is 1. The summed E-state index contributed by atoms with van der Waals surface area (Å²) in [5, 5.41) is 2.43. The molecule has 3 nitrogen and oxygen atoms in total. The first-order valence-electron chi connectivity index (χ1n) is 2.88. The first-order chi connectivity index (χ1) is 4.81. The molecule has 0 saturated carbocycles. The van der Waals surface area contributed by atoms with E-state index in [1.807, 2.05) is 0 Å². The minimum atomic E-state index is -0.458. The molecule has 0 atom stereocenters. The van der Waals surface area contributed by atoms with Crippen molar-refractivity contribution in [2.75, 3.05) is 19.0 Å². The van der Waals surface area contributed by atoms with Crippen LogP contribution in [0.5, 0.6) is 0 Å². The number of alkyl halides is 1. The van der Waals surface area contributed by atoms with Gasteiger partial charge in [0, 0.05) is 6.54 Å². The Labute approximate surface area is 65.0 Å². The van der Waals surface area contributed by atoms with Crippen LogP contribution in [0.1, 0.15) is 0 Å². The zero-order valence-corrected chi connectivity index (χ0v) is 6.36. The topological polar surface area (TPSA) is 38.3 Å². The summed E-state index contributed by atoms with van der Waals surface area (Å²) < 4.78 is 4.56. The molecule has 0 aromatic heterocycles. The fourth-order valence-corrected chi connectivity index (χ4v) is 0.415. The van der Waals surface area contributed by atoms with Gasteiger partial charge in [-0.3, -0.25) is 0 Å². The largest absolute Gasteiger partial charge is 0.448 e. The van der Waals surface area contributed by atoms with E-state index in [2.05, 4.69) is 16.6 Å². The fraction of sp³-hybridized carbons (Fsp3) is 0.500. The average molecular weight is 164 g/mol. The molecule has 0 aliphatic rings. The summed E-state index contributed by atoms with van der Waals surface area (Å²) in [6, 6.07) is 0. The Balaban J connectivity index is 3.16. The lowest BCUT2D eigenvalue weighted by atomic mass is 10.6. The molecule has 0 unspecified atom stereocenters. The molecule has 0 fully saturated rings. The number of rotatable bonds is 4. The van der Waals surface area contributed by atoms with E-state index in [4.69, 9.17) is 11.6 Å². The summed E-state index contributed by atoms with van der Waals surface area (Å²) in [5.41, 5.74) is 0. The molecular formula is C6H10ClNO2. The average Bonchev–Trinajstić information content (AvgIpc) is 1.97. The van der Waals surface area contributed by atoms with E-state index in [1.54, 1.807) is 6.08 Å². The van der Waals surface area contributed by atoms with Gasteiger partial charge in [0.2, 0.25) is 0 Å². The monoisotopic (exact) mass is 163 g/mol. The van der Waals surface area contributed by atoms with Gasteiger partial charge < -0.3 is 10.1 Å². The normalized spacial score (nSPS) is 8.50. The van der Waals surface area contributed by atoms with Gasteiger partial charge in [0.25, 0.3) is 0 Å². The third-order valence-corrected chi connectivity index (χ3v) is 0.855. The molecule has 4 heteroatoms. The molecule has 0 aromatic carbocycles. The molecule has 1 N–H and O–H groups in total. The Morgan fingerprint density at radius 1 is 1.80 bits per heavy atom. The number of hydrogen-bond acceptors (Lipinski definition) is 2. The second kappa shape index (κ2) is 6.42. The van der Waals surface area contributed by atoms with Gasteiger partial charge in [-0.15, -0.1) is 18.2 Å². The Morgan fingerprint density at radius 3 is 3.00 bits per heavy atom. The van der Waals surface area contributed by atoms with Crippen LogP contribution in [0, 0.1) is 0 Å². The summed E-state index contributed by atoms with van der Waals surface area (Å²) in [5.74, 6) is 0.321. The number of hydrogen-bond donors (Lipinski definition) is 1. The zero-order valence-electron chi connectivity index (χ0n) is 5.60. The molecule has 10 heavy (non-hydrogen) atoms. The second-order valence-corrected chi connectivity index (χ2v) is 1.87. The first-order valence-corrected chi connectivity index (χ1v) is 3.42. The third kappa shape index (κ3) is 5.44. The van der Waals surface area contributed by atoms with E-state index in [0.717, 1.165) is 0 Å². The first kappa shape index (κ1) is 9.30. The highest BCUT2D eigenvalue weighted by atomic mass is 35.5. The van der Waals surface area contributed by atoms with Gasteiger partial charge in [-0.05, 0) is 0 Å². The molecule has 0 spiro atoms. The maximum atomic E-state index is 10.5. The second-order valence-electron chi connectivity index (χ2n) is 1.49. The van der Waals surface area contributed by atoms with Crippen molar-refractivity contribution >= 4 is 17.7 Å². The van der Waals surface area contributed by atoms with E-state index in [0.29, 0.717) is 12.4 Å². The van der Waals surface area contributed by atoms with Crippen LogP contribution in [0.2, 0.25) is 0 Å². The molecule has 1 amide bonds. The highest BCUT2D eigenvalue weighted by Crippen LogP contribution is 1.79. The fourth-order valence-electron chi connectivity index (χ4n) is 0.338. The minimum Gasteiger partial charge on any atom is -0.448 e. The molecular weight excluding hydrogens is 154 g/mol. The van der Waals surface area contributed by atoms with Gasteiger partial charge in [0.05, 0.1) is 5.88 Å². The van der Waals surface area contributed by atoms with Crippen molar-refractivity contribution in [2.45, 2.75) is 0 Å². The number of alkyl carbamates (subject to hydrolysis) is 1. The predicted octanol–water partition coefficient (Wildman–Crippen LogP) is 1.14. The van der Waals surface area contributed by atoms with Crippen molar-refractivity contribution in [2.24, 2.45) is 0 Å². The van der Waals surface area contributed by atoms with Crippen LogP contribution >= 0.6 is 11.6 Å². The van der Waals surface area contributed by atoms with Gasteiger partial charge in [-0.25, -0.2) is 4.79 Å². The standard InChI is InChI=1S/C6H10ClNO2/c1-2-4-8-6(9)10-5-3-7/h2H,1,3-5H2,(H,8,9). The molecule has 0 rings (SSSR count). The number of amides is 1. The van der Waals surface area contributed by atoms with Crippen LogP contribution in [-0.4, -0.2) is 25.1 Å². The molecule has 0 radical (unpaired) electrons. The number of halogens is 1. The highest BCUT2D eigenvalue weighted by Gasteiger charge is 1.96. The van der Waals surface area contributed by atoms with Crippen LogP contribution < -0.4 is 5.32 Å². The van der Waals surface area contributed by atoms with E-state index < -0.39 is 6.09 Å². The predicted molar refractivity (Wildman–Crippen MR) is 40.3 cm³/mol. The van der Waals surface area contributed by atoms with Gasteiger partial charge in [0.1, 0.15) is 6.61 Å². The quantitative estimate of drug-likeness (QED) is 0.499. The van der Waals surface area contributed by atoms with Crippen molar-refractivity contribution < 1.29 is 9.53 Å². The summed E-state index contributed by atoms with van der Waals surface area (Å²) in [7, 11) is 0. The van der Waals surface area contributed by atoms with Crippen LogP contribution in [0.4, 0.5) is 4.79 Å². The van der Waals surface area contributed by atoms with Gasteiger partial charge in [-0.1, -0.05) is 6.08 Å². The van der Waals surface area contributed by atoms with Crippen LogP contribution in [-0.2, 0) is 4.74 Å². The molecule has 58 valence electrons. The lowest BCUT2D eigenvalue weighted by molar-refractivity contribution is 0.154. The molecule has 0 saturated heterocycles. The van der Waals surface area contributed by atoms with Crippen molar-refractivity contribution in [3.8, 4) is 0 Å². The van der Waals surface area contributed by atoms with Gasteiger partial charge in [-0.2, -0.15) is 0 Å². The Kier molecular flexibility index (Phi) is 5.97. The Morgan fingerprint density at radius 2 is 2.50 bits per heavy atom. The van der Waals surface area contributed by atoms with Gasteiger partial charge in [0.15, 0.2) is 0 Å². The molecule has 0 aliphatic carbocycles. The van der Waals surface area contributed by atoms with Crippen molar-refractivity contribution in [1.29, 1.82) is 0 Å². The van der Waals surface area contributed by atoms with Crippen LogP contribution in [0.15, 0.2) is 12.7 Å². The number of ether oxygens (including phenoxy) is 1. The maximum absolute atomic E-state index is 10.5. The van der Waals surface area contributed by atoms with Crippen LogP contribution in [0.25, 0.3) is 0 Å². The van der Waals surface area contributed by atoms with Crippen molar-refractivity contribution in [3.63, 3.8) is 0 Å². The third-order valence-electron chi connectivity index (χ3n) is 0.701. The van der Waals surface area contributed by atoms with Crippen LogP contribution in [0.3, 0.4) is 0 Å². The number of carbonyl (C=O) groups excluding carboxylic acids is 1. The SMILES string of the molecule is C=CCNC(=O)OCCCl. The molecule has 0 aliphatic heterocycles. The summed E-state index contributed by atoms with van der Waals surface area (Å²) in [6.45, 7) is 4.07. The Bertz CT molecular complexity index is 116. The maximum Gasteiger partial charge on any atom is 0.407 e. The summed E-state index contributed by atoms with van der Waals surface area (Å²) >= 11 is 5.25. The van der Waals surface area contributed by atoms with Gasteiger partial charge >= 0.3 is 6.09 Å². The van der Waals surface area contributed by atoms with Crippen molar-refractivity contribution in [3.05, 3.63) is 12.7 Å². The van der Waals surface area contributed by atoms with E-state index in [1.165, 1.54) is 0 Å². The lowest BCUT2D eigenvalue weighted by Crippen LogP contribution is -2.24. The molecule has 0 heterocycles. The minimum absolute atomic E-state index is 0.241. The smallest absolute Gasteiger partial charge is 0.407 e. The summed E-state index contributed by atoms with van der Waals surface area (Å²) in [4.78, 5) is 10.5. The zero-order chi connectivity index (χ0) is 7.82. The highest BCUT2D eigenvalue weighted by molar-refractivity contribution is 6.18. The van der Waals surface area contributed by atoms with E-state index >= 15 is 0 Å². The molecule has 0 aromatic rings. The summed E-state index contributed by atoms with van der Waals surface area (Å²) in [6.07, 6.45) is 1.11. The lowest BCUT2D eigenvalue weighted by Gasteiger charge is -2.01. The Hall–Kier alpha value is -0.700. The van der Waals surface area contributed by atoms with E-state index in [9.17, 15) is 4.79 Å².